The van der Waals surface area contributed by atoms with Gasteiger partial charge in [-0.25, -0.2) is 8.42 Å². The first-order valence-corrected chi connectivity index (χ1v) is 13.7. The first-order chi connectivity index (χ1) is 15.9. The van der Waals surface area contributed by atoms with Crippen molar-refractivity contribution in [3.63, 3.8) is 0 Å². The molecule has 0 aliphatic rings. The molecule has 1 amide bonds. The van der Waals surface area contributed by atoms with Gasteiger partial charge in [-0.2, -0.15) is 0 Å². The first kappa shape index (κ1) is 23.2. The van der Waals surface area contributed by atoms with E-state index in [1.165, 1.54) is 4.88 Å². The number of sulfonamides is 1. The second-order valence-electron chi connectivity index (χ2n) is 7.63. The van der Waals surface area contributed by atoms with E-state index in [0.717, 1.165) is 23.3 Å². The second-order valence-corrected chi connectivity index (χ2v) is 11.5. The molecule has 0 unspecified atom stereocenters. The maximum absolute atomic E-state index is 13.8. The van der Waals surface area contributed by atoms with Crippen molar-refractivity contribution in [3.8, 4) is 0 Å². The van der Waals surface area contributed by atoms with E-state index in [4.69, 9.17) is 0 Å². The number of nitrogens with zero attached hydrogens (tertiary/aromatic N) is 1. The lowest BCUT2D eigenvalue weighted by Gasteiger charge is -2.30. The summed E-state index contributed by atoms with van der Waals surface area (Å²) in [5.74, 6) is -0.215. The largest absolute Gasteiger partial charge is 0.331 e. The maximum atomic E-state index is 13.8. The van der Waals surface area contributed by atoms with Crippen molar-refractivity contribution >= 4 is 44.3 Å². The molecule has 1 N–H and O–H groups in total. The average Bonchev–Trinajstić information content (AvgIpc) is 3.53. The summed E-state index contributed by atoms with van der Waals surface area (Å²) in [5.41, 5.74) is 1.62. The highest BCUT2D eigenvalue weighted by Gasteiger charge is 2.26. The fraction of sp³-hybridized carbons (Fsp3) is 0.160. The summed E-state index contributed by atoms with van der Waals surface area (Å²) in [6, 6.07) is 23.8. The van der Waals surface area contributed by atoms with Gasteiger partial charge in [0.2, 0.25) is 0 Å². The monoisotopic (exact) mass is 496 g/mol. The van der Waals surface area contributed by atoms with Crippen LogP contribution in [0.2, 0.25) is 0 Å². The van der Waals surface area contributed by atoms with Gasteiger partial charge in [0.15, 0.2) is 0 Å². The molecule has 1 atom stereocenters. The Morgan fingerprint density at radius 1 is 0.909 bits per heavy atom. The number of para-hydroxylation sites is 1. The van der Waals surface area contributed by atoms with Crippen LogP contribution in [0.15, 0.2) is 93.8 Å². The van der Waals surface area contributed by atoms with Crippen LogP contribution in [0, 0.1) is 0 Å². The Morgan fingerprint density at radius 3 is 2.30 bits per heavy atom. The summed E-state index contributed by atoms with van der Waals surface area (Å²) in [6.07, 6.45) is 0.722. The average molecular weight is 497 g/mol. The summed E-state index contributed by atoms with van der Waals surface area (Å²) in [7, 11) is -3.77. The Bertz CT molecular complexity index is 1290. The molecule has 0 aliphatic heterocycles. The zero-order chi connectivity index (χ0) is 23.3. The smallest absolute Gasteiger partial charge is 0.271 e. The van der Waals surface area contributed by atoms with E-state index in [9.17, 15) is 13.2 Å². The molecule has 5 nitrogen and oxygen atoms in total. The number of thiophene rings is 2. The number of amides is 1. The lowest BCUT2D eigenvalue weighted by Crippen LogP contribution is -2.39. The predicted octanol–water partition coefficient (Wildman–Crippen LogP) is 5.88. The minimum atomic E-state index is -3.77. The number of anilines is 1. The number of benzene rings is 2. The molecule has 8 heteroatoms. The zero-order valence-electron chi connectivity index (χ0n) is 18.0. The van der Waals surface area contributed by atoms with Gasteiger partial charge in [-0.3, -0.25) is 9.52 Å². The molecule has 4 aromatic rings. The highest BCUT2D eigenvalue weighted by atomic mass is 32.2. The molecule has 0 radical (unpaired) electrons. The molecule has 0 fully saturated rings. The van der Waals surface area contributed by atoms with Crippen molar-refractivity contribution in [2.24, 2.45) is 0 Å². The van der Waals surface area contributed by atoms with Crippen molar-refractivity contribution in [2.45, 2.75) is 30.1 Å². The lowest BCUT2D eigenvalue weighted by molar-refractivity contribution is 0.0677. The molecule has 2 heterocycles. The summed E-state index contributed by atoms with van der Waals surface area (Å²) in [6.45, 7) is 2.46. The van der Waals surface area contributed by atoms with Crippen LogP contribution in [0.3, 0.4) is 0 Å². The van der Waals surface area contributed by atoms with Gasteiger partial charge in [0.05, 0.1) is 11.3 Å². The molecule has 0 spiro atoms. The minimum absolute atomic E-state index is 0.0849. The van der Waals surface area contributed by atoms with Crippen LogP contribution < -0.4 is 4.72 Å². The molecule has 0 aliphatic carbocycles. The molecule has 0 saturated heterocycles. The van der Waals surface area contributed by atoms with Crippen molar-refractivity contribution in [1.29, 1.82) is 0 Å². The molecular formula is C25H24N2O3S3. The van der Waals surface area contributed by atoms with Gasteiger partial charge >= 0.3 is 0 Å². The van der Waals surface area contributed by atoms with Crippen LogP contribution in [-0.4, -0.2) is 25.3 Å². The van der Waals surface area contributed by atoms with Crippen LogP contribution in [0.4, 0.5) is 5.69 Å². The Morgan fingerprint density at radius 2 is 1.61 bits per heavy atom. The molecule has 2 aromatic heterocycles. The Kier molecular flexibility index (Phi) is 7.27. The number of carbonyl (C=O) groups is 1. The van der Waals surface area contributed by atoms with Gasteiger partial charge in [0.25, 0.3) is 15.9 Å². The van der Waals surface area contributed by atoms with E-state index in [2.05, 4.69) is 10.8 Å². The number of hydrogen-bond donors (Lipinski definition) is 1. The van der Waals surface area contributed by atoms with Gasteiger partial charge in [0.1, 0.15) is 4.21 Å². The van der Waals surface area contributed by atoms with Crippen LogP contribution in [0.5, 0.6) is 0 Å². The van der Waals surface area contributed by atoms with Crippen molar-refractivity contribution < 1.29 is 13.2 Å². The molecule has 2 aromatic carbocycles. The molecule has 4 rings (SSSR count). The fourth-order valence-corrected chi connectivity index (χ4v) is 6.46. The molecule has 0 saturated carbocycles. The third-order valence-electron chi connectivity index (χ3n) is 5.23. The Labute approximate surface area is 202 Å². The third-order valence-corrected chi connectivity index (χ3v) is 8.89. The minimum Gasteiger partial charge on any atom is -0.331 e. The first-order valence-electron chi connectivity index (χ1n) is 10.5. The quantitative estimate of drug-likeness (QED) is 0.314. The summed E-state index contributed by atoms with van der Waals surface area (Å²) in [4.78, 5) is 16.8. The molecular weight excluding hydrogens is 472 g/mol. The van der Waals surface area contributed by atoms with Crippen molar-refractivity contribution in [1.82, 2.24) is 4.90 Å². The fourth-order valence-electron chi connectivity index (χ4n) is 3.56. The van der Waals surface area contributed by atoms with Gasteiger partial charge < -0.3 is 4.90 Å². The predicted molar refractivity (Wildman–Crippen MR) is 135 cm³/mol. The van der Waals surface area contributed by atoms with Crippen LogP contribution in [-0.2, 0) is 23.0 Å². The van der Waals surface area contributed by atoms with Gasteiger partial charge in [-0.05, 0) is 47.5 Å². The van der Waals surface area contributed by atoms with E-state index in [-0.39, 0.29) is 21.8 Å². The standard InChI is InChI=1S/C25H24N2O3S3/c1-19(17-21-11-7-15-31-21)27(18-20-9-3-2-4-10-20)25(28)22-12-5-6-13-23(22)26-33(29,30)24-14-8-16-32-24/h2-16,19,26H,17-18H2,1H3/t19-/m1/s1. The van der Waals surface area contributed by atoms with E-state index in [0.29, 0.717) is 12.1 Å². The highest BCUT2D eigenvalue weighted by molar-refractivity contribution is 7.94. The number of hydrogen-bond acceptors (Lipinski definition) is 5. The van der Waals surface area contributed by atoms with Gasteiger partial charge in [0, 0.05) is 23.9 Å². The van der Waals surface area contributed by atoms with E-state index < -0.39 is 10.0 Å². The number of carbonyl (C=O) groups excluding carboxylic acids is 1. The van der Waals surface area contributed by atoms with E-state index >= 15 is 0 Å². The highest BCUT2D eigenvalue weighted by Crippen LogP contribution is 2.26. The van der Waals surface area contributed by atoms with Crippen molar-refractivity contribution in [3.05, 3.63) is 106 Å². The Hall–Kier alpha value is -2.94. The van der Waals surface area contributed by atoms with Gasteiger partial charge in [-0.1, -0.05) is 54.6 Å². The SMILES string of the molecule is C[C@H](Cc1cccs1)N(Cc1ccccc1)C(=O)c1ccccc1NS(=O)(=O)c1cccs1. The Balaban J connectivity index is 1.65. The molecule has 0 bridgehead atoms. The normalized spacial score (nSPS) is 12.3. The van der Waals surface area contributed by atoms with Crippen molar-refractivity contribution in [2.75, 3.05) is 4.72 Å². The zero-order valence-corrected chi connectivity index (χ0v) is 20.5. The van der Waals surface area contributed by atoms with E-state index in [1.807, 2.05) is 53.6 Å². The molecule has 170 valence electrons. The number of nitrogens with one attached hydrogen (secondary N) is 1. The summed E-state index contributed by atoms with van der Waals surface area (Å²) in [5, 5.41) is 3.74. The van der Waals surface area contributed by atoms with Crippen LogP contribution in [0.1, 0.15) is 27.7 Å². The van der Waals surface area contributed by atoms with Gasteiger partial charge in [-0.15, -0.1) is 22.7 Å². The molecule has 33 heavy (non-hydrogen) atoms. The third kappa shape index (κ3) is 5.71. The summed E-state index contributed by atoms with van der Waals surface area (Å²) >= 11 is 2.80. The second kappa shape index (κ2) is 10.3. The lowest BCUT2D eigenvalue weighted by atomic mass is 10.1. The van der Waals surface area contributed by atoms with E-state index in [1.54, 1.807) is 53.1 Å². The maximum Gasteiger partial charge on any atom is 0.271 e. The summed E-state index contributed by atoms with van der Waals surface area (Å²) < 4.78 is 28.5. The topological polar surface area (TPSA) is 66.5 Å². The number of rotatable bonds is 9. The van der Waals surface area contributed by atoms with Crippen LogP contribution >= 0.6 is 22.7 Å². The van der Waals surface area contributed by atoms with Crippen LogP contribution in [0.25, 0.3) is 0 Å².